The Morgan fingerprint density at radius 1 is 1.04 bits per heavy atom. The molecule has 4 nitrogen and oxygen atoms in total. The third kappa shape index (κ3) is 4.00. The second-order valence-electron chi connectivity index (χ2n) is 5.90. The van der Waals surface area contributed by atoms with Crippen molar-refractivity contribution in [2.75, 3.05) is 6.26 Å². The maximum absolute atomic E-state index is 13.2. The number of benzene rings is 2. The van der Waals surface area contributed by atoms with E-state index in [1.807, 2.05) is 6.07 Å². The van der Waals surface area contributed by atoms with E-state index in [1.165, 1.54) is 23.5 Å². The van der Waals surface area contributed by atoms with Crippen LogP contribution in [0.4, 0.5) is 4.39 Å². The van der Waals surface area contributed by atoms with Crippen molar-refractivity contribution in [3.8, 4) is 21.6 Å². The molecule has 0 bridgehead atoms. The molecule has 1 aromatic heterocycles. The lowest BCUT2D eigenvalue weighted by Gasteiger charge is -2.06. The zero-order valence-corrected chi connectivity index (χ0v) is 15.5. The molecule has 1 amide bonds. The Morgan fingerprint density at radius 2 is 1.62 bits per heavy atom. The first-order valence-electron chi connectivity index (χ1n) is 7.71. The van der Waals surface area contributed by atoms with Gasteiger partial charge in [0, 0.05) is 21.6 Å². The van der Waals surface area contributed by atoms with Crippen LogP contribution in [-0.4, -0.2) is 20.6 Å². The minimum Gasteiger partial charge on any atom is -0.369 e. The summed E-state index contributed by atoms with van der Waals surface area (Å²) in [5.74, 6) is -0.766. The van der Waals surface area contributed by atoms with Crippen molar-refractivity contribution in [2.24, 2.45) is 5.73 Å². The molecule has 0 unspecified atom stereocenters. The number of sulfone groups is 1. The molecule has 0 radical (unpaired) electrons. The molecule has 7 heteroatoms. The molecule has 0 aliphatic rings. The first-order chi connectivity index (χ1) is 12.2. The van der Waals surface area contributed by atoms with Gasteiger partial charge in [-0.3, -0.25) is 4.79 Å². The molecule has 0 aliphatic heterocycles. The van der Waals surface area contributed by atoms with Crippen molar-refractivity contribution in [2.45, 2.75) is 11.3 Å². The third-order valence-corrected chi connectivity index (χ3v) is 6.14. The predicted molar refractivity (Wildman–Crippen MR) is 101 cm³/mol. The standard InChI is InChI=1S/C19H16FNO3S2/c1-26(23,24)16-8-4-12(5-9-16)17-10-15(11-18(21)22)25-19(17)13-2-6-14(20)7-3-13/h2-10H,11H2,1H3,(H2,21,22). The summed E-state index contributed by atoms with van der Waals surface area (Å²) in [4.78, 5) is 13.2. The van der Waals surface area contributed by atoms with Gasteiger partial charge >= 0.3 is 0 Å². The highest BCUT2D eigenvalue weighted by Crippen LogP contribution is 2.39. The molecule has 0 fully saturated rings. The van der Waals surface area contributed by atoms with Gasteiger partial charge in [0.25, 0.3) is 0 Å². The highest BCUT2D eigenvalue weighted by molar-refractivity contribution is 7.90. The van der Waals surface area contributed by atoms with Crippen molar-refractivity contribution in [1.82, 2.24) is 0 Å². The Hall–Kier alpha value is -2.51. The monoisotopic (exact) mass is 389 g/mol. The molecule has 0 saturated heterocycles. The molecule has 0 saturated carbocycles. The zero-order valence-electron chi connectivity index (χ0n) is 13.9. The average molecular weight is 389 g/mol. The van der Waals surface area contributed by atoms with Crippen molar-refractivity contribution in [1.29, 1.82) is 0 Å². The minimum absolute atomic E-state index is 0.111. The topological polar surface area (TPSA) is 77.2 Å². The van der Waals surface area contributed by atoms with Gasteiger partial charge in [-0.15, -0.1) is 11.3 Å². The van der Waals surface area contributed by atoms with Gasteiger partial charge in [0.2, 0.25) is 5.91 Å². The quantitative estimate of drug-likeness (QED) is 0.723. The maximum atomic E-state index is 13.2. The average Bonchev–Trinajstić information content (AvgIpc) is 2.98. The summed E-state index contributed by atoms with van der Waals surface area (Å²) in [5.41, 5.74) is 7.77. The van der Waals surface area contributed by atoms with E-state index in [9.17, 15) is 17.6 Å². The molecular formula is C19H16FNO3S2. The van der Waals surface area contributed by atoms with E-state index >= 15 is 0 Å². The van der Waals surface area contributed by atoms with Crippen LogP contribution in [0, 0.1) is 5.82 Å². The summed E-state index contributed by atoms with van der Waals surface area (Å²) in [6.07, 6.45) is 1.27. The Kier molecular flexibility index (Phi) is 4.93. The van der Waals surface area contributed by atoms with E-state index in [4.69, 9.17) is 5.73 Å². The number of carbonyl (C=O) groups excluding carboxylic acids is 1. The van der Waals surface area contributed by atoms with Gasteiger partial charge in [-0.1, -0.05) is 24.3 Å². The fourth-order valence-corrected chi connectivity index (χ4v) is 4.44. The van der Waals surface area contributed by atoms with Crippen LogP contribution < -0.4 is 5.73 Å². The number of amides is 1. The molecule has 0 aliphatic carbocycles. The Labute approximate surface area is 155 Å². The van der Waals surface area contributed by atoms with Crippen LogP contribution in [0.1, 0.15) is 4.88 Å². The van der Waals surface area contributed by atoms with Crippen LogP contribution >= 0.6 is 11.3 Å². The van der Waals surface area contributed by atoms with Crippen molar-refractivity contribution in [3.63, 3.8) is 0 Å². The lowest BCUT2D eigenvalue weighted by molar-refractivity contribution is -0.117. The molecule has 3 rings (SSSR count). The summed E-state index contributed by atoms with van der Waals surface area (Å²) < 4.78 is 36.5. The molecule has 26 heavy (non-hydrogen) atoms. The number of rotatable bonds is 5. The third-order valence-electron chi connectivity index (χ3n) is 3.83. The Bertz CT molecular complexity index is 1050. The van der Waals surface area contributed by atoms with Crippen molar-refractivity contribution >= 4 is 27.1 Å². The molecule has 134 valence electrons. The number of hydrogen-bond acceptors (Lipinski definition) is 4. The minimum atomic E-state index is -3.28. The fourth-order valence-electron chi connectivity index (χ4n) is 2.61. The van der Waals surface area contributed by atoms with E-state index in [-0.39, 0.29) is 17.1 Å². The van der Waals surface area contributed by atoms with E-state index in [0.717, 1.165) is 32.7 Å². The summed E-state index contributed by atoms with van der Waals surface area (Å²) in [5, 5.41) is 0. The van der Waals surface area contributed by atoms with Crippen molar-refractivity contribution < 1.29 is 17.6 Å². The number of halogens is 1. The predicted octanol–water partition coefficient (Wildman–Crippen LogP) is 3.65. The normalized spacial score (nSPS) is 11.5. The lowest BCUT2D eigenvalue weighted by Crippen LogP contribution is -2.12. The first-order valence-corrected chi connectivity index (χ1v) is 10.4. The van der Waals surface area contributed by atoms with Gasteiger partial charge < -0.3 is 5.73 Å². The Balaban J connectivity index is 2.11. The fraction of sp³-hybridized carbons (Fsp3) is 0.105. The van der Waals surface area contributed by atoms with Gasteiger partial charge in [0.1, 0.15) is 5.82 Å². The van der Waals surface area contributed by atoms with Gasteiger partial charge in [-0.2, -0.15) is 0 Å². The van der Waals surface area contributed by atoms with Crippen molar-refractivity contribution in [3.05, 3.63) is 65.3 Å². The van der Waals surface area contributed by atoms with Crippen LogP contribution in [-0.2, 0) is 21.1 Å². The van der Waals surface area contributed by atoms with Gasteiger partial charge in [-0.25, -0.2) is 12.8 Å². The smallest absolute Gasteiger partial charge is 0.222 e. The molecule has 0 spiro atoms. The van der Waals surface area contributed by atoms with Gasteiger partial charge in [-0.05, 0) is 41.5 Å². The van der Waals surface area contributed by atoms with E-state index in [1.54, 1.807) is 36.4 Å². The Morgan fingerprint density at radius 3 is 2.15 bits per heavy atom. The van der Waals surface area contributed by atoms with Crippen LogP contribution in [0.25, 0.3) is 21.6 Å². The SMILES string of the molecule is CS(=O)(=O)c1ccc(-c2cc(CC(N)=O)sc2-c2ccc(F)cc2)cc1. The molecule has 0 atom stereocenters. The zero-order chi connectivity index (χ0) is 18.9. The number of nitrogens with two attached hydrogens (primary N) is 1. The van der Waals surface area contributed by atoms with Gasteiger partial charge in [0.05, 0.1) is 11.3 Å². The summed E-state index contributed by atoms with van der Waals surface area (Å²) in [6, 6.07) is 14.5. The number of primary amides is 1. The van der Waals surface area contributed by atoms with E-state index in [2.05, 4.69) is 0 Å². The molecule has 2 aromatic carbocycles. The molecule has 3 aromatic rings. The highest BCUT2D eigenvalue weighted by atomic mass is 32.2. The van der Waals surface area contributed by atoms with E-state index in [0.29, 0.717) is 0 Å². The number of thiophene rings is 1. The van der Waals surface area contributed by atoms with Crippen LogP contribution in [0.3, 0.4) is 0 Å². The maximum Gasteiger partial charge on any atom is 0.222 e. The highest BCUT2D eigenvalue weighted by Gasteiger charge is 2.15. The van der Waals surface area contributed by atoms with Crippen LogP contribution in [0.5, 0.6) is 0 Å². The van der Waals surface area contributed by atoms with E-state index < -0.39 is 15.7 Å². The van der Waals surface area contributed by atoms with Crippen LogP contribution in [0.15, 0.2) is 59.5 Å². The number of hydrogen-bond donors (Lipinski definition) is 1. The largest absolute Gasteiger partial charge is 0.369 e. The summed E-state index contributed by atoms with van der Waals surface area (Å²) in [6.45, 7) is 0. The molecule has 1 heterocycles. The van der Waals surface area contributed by atoms with Crippen LogP contribution in [0.2, 0.25) is 0 Å². The van der Waals surface area contributed by atoms with Gasteiger partial charge in [0.15, 0.2) is 9.84 Å². The molecule has 2 N–H and O–H groups in total. The summed E-state index contributed by atoms with van der Waals surface area (Å²) in [7, 11) is -3.28. The second-order valence-corrected chi connectivity index (χ2v) is 9.05. The second kappa shape index (κ2) is 7.01. The summed E-state index contributed by atoms with van der Waals surface area (Å²) >= 11 is 1.41. The number of carbonyl (C=O) groups is 1. The first kappa shape index (κ1) is 18.3. The molecular weight excluding hydrogens is 373 g/mol. The lowest BCUT2D eigenvalue weighted by atomic mass is 10.0.